The van der Waals surface area contributed by atoms with E-state index in [4.69, 9.17) is 4.74 Å². The van der Waals surface area contributed by atoms with Crippen molar-refractivity contribution in [2.24, 2.45) is 0 Å². The molecule has 3 aromatic rings. The van der Waals surface area contributed by atoms with E-state index in [0.29, 0.717) is 35.3 Å². The molecular formula is C31H33F3O. The van der Waals surface area contributed by atoms with Crippen molar-refractivity contribution in [2.75, 3.05) is 6.61 Å². The molecule has 0 bridgehead atoms. The van der Waals surface area contributed by atoms with Crippen LogP contribution in [0.1, 0.15) is 63.0 Å². The molecule has 0 spiro atoms. The molecule has 1 heterocycles. The Morgan fingerprint density at radius 1 is 0.857 bits per heavy atom. The van der Waals surface area contributed by atoms with E-state index in [1.54, 1.807) is 48.5 Å². The summed E-state index contributed by atoms with van der Waals surface area (Å²) in [4.78, 5) is 0. The summed E-state index contributed by atoms with van der Waals surface area (Å²) >= 11 is 0. The zero-order valence-corrected chi connectivity index (χ0v) is 20.5. The number of aryl methyl sites for hydroxylation is 1. The van der Waals surface area contributed by atoms with E-state index < -0.39 is 11.6 Å². The predicted octanol–water partition coefficient (Wildman–Crippen LogP) is 9.01. The van der Waals surface area contributed by atoms with Crippen LogP contribution in [0.4, 0.5) is 13.2 Å². The van der Waals surface area contributed by atoms with Crippen LogP contribution >= 0.6 is 0 Å². The molecule has 4 heteroatoms. The highest BCUT2D eigenvalue weighted by Crippen LogP contribution is 2.33. The number of benzene rings is 3. The number of rotatable bonds is 8. The van der Waals surface area contributed by atoms with Crippen molar-refractivity contribution in [1.82, 2.24) is 0 Å². The van der Waals surface area contributed by atoms with E-state index in [2.05, 4.69) is 13.0 Å². The van der Waals surface area contributed by atoms with E-state index in [-0.39, 0.29) is 23.4 Å². The van der Waals surface area contributed by atoms with Crippen LogP contribution in [0.3, 0.4) is 0 Å². The molecule has 0 saturated carbocycles. The van der Waals surface area contributed by atoms with Crippen molar-refractivity contribution in [3.05, 3.63) is 95.3 Å². The third-order valence-electron chi connectivity index (χ3n) is 6.90. The second kappa shape index (κ2) is 11.7. The second-order valence-electron chi connectivity index (χ2n) is 9.35. The summed E-state index contributed by atoms with van der Waals surface area (Å²) in [5, 5.41) is 0. The summed E-state index contributed by atoms with van der Waals surface area (Å²) in [6.45, 7) is 4.65. The van der Waals surface area contributed by atoms with Gasteiger partial charge in [-0.25, -0.2) is 13.2 Å². The molecule has 1 aliphatic rings. The molecule has 1 nitrogen and oxygen atoms in total. The molecule has 184 valence electrons. The lowest BCUT2D eigenvalue weighted by molar-refractivity contribution is 0.0326. The quantitative estimate of drug-likeness (QED) is 0.232. The van der Waals surface area contributed by atoms with Crippen LogP contribution < -0.4 is 0 Å². The molecule has 1 saturated heterocycles. The lowest BCUT2D eigenvalue weighted by Crippen LogP contribution is -2.23. The first-order chi connectivity index (χ1) is 17.0. The van der Waals surface area contributed by atoms with Gasteiger partial charge in [0.15, 0.2) is 11.6 Å². The van der Waals surface area contributed by atoms with Gasteiger partial charge in [-0.3, -0.25) is 0 Å². The Morgan fingerprint density at radius 3 is 2.20 bits per heavy atom. The molecule has 0 radical (unpaired) electrons. The molecule has 4 rings (SSSR count). The predicted molar refractivity (Wildman–Crippen MR) is 137 cm³/mol. The van der Waals surface area contributed by atoms with E-state index in [0.717, 1.165) is 37.7 Å². The van der Waals surface area contributed by atoms with Gasteiger partial charge in [0.2, 0.25) is 0 Å². The standard InChI is InChI=1S/C31H33F3O/c1-3-5-6-8-23-14-18-28(31(34)30(23)33)22-11-9-21(10-12-22)27-17-15-24(19-29(27)32)25-13-16-26(7-4-2)35-20-25/h4,7,9-12,14-15,17-19,25-26H,3,5-6,8,13,16,20H2,1-2H3/b7-4+. The van der Waals surface area contributed by atoms with Gasteiger partial charge in [0.1, 0.15) is 5.82 Å². The van der Waals surface area contributed by atoms with E-state index in [1.165, 1.54) is 0 Å². The molecule has 1 aliphatic heterocycles. The summed E-state index contributed by atoms with van der Waals surface area (Å²) in [5.41, 5.74) is 3.33. The maximum Gasteiger partial charge on any atom is 0.166 e. The zero-order valence-electron chi connectivity index (χ0n) is 20.5. The first kappa shape index (κ1) is 25.2. The third kappa shape index (κ3) is 5.87. The number of unbranched alkanes of at least 4 members (excludes halogenated alkanes) is 2. The molecular weight excluding hydrogens is 445 g/mol. The summed E-state index contributed by atoms with van der Waals surface area (Å²) in [6, 6.07) is 15.6. The number of halogens is 3. The van der Waals surface area contributed by atoms with E-state index in [9.17, 15) is 8.78 Å². The van der Waals surface area contributed by atoms with Gasteiger partial charge in [-0.2, -0.15) is 0 Å². The Kier molecular flexibility index (Phi) is 8.46. The molecule has 1 fully saturated rings. The summed E-state index contributed by atoms with van der Waals surface area (Å²) in [7, 11) is 0. The minimum absolute atomic E-state index is 0.148. The molecule has 2 unspecified atom stereocenters. The zero-order chi connectivity index (χ0) is 24.8. The Labute approximate surface area is 206 Å². The van der Waals surface area contributed by atoms with Gasteiger partial charge in [0, 0.05) is 17.0 Å². The average molecular weight is 479 g/mol. The first-order valence-electron chi connectivity index (χ1n) is 12.6. The van der Waals surface area contributed by atoms with Crippen LogP contribution in [0.5, 0.6) is 0 Å². The minimum Gasteiger partial charge on any atom is -0.374 e. The van der Waals surface area contributed by atoms with Gasteiger partial charge in [-0.05, 0) is 60.9 Å². The number of hydrogen-bond donors (Lipinski definition) is 0. The minimum atomic E-state index is -0.825. The Hall–Kier alpha value is -2.85. The van der Waals surface area contributed by atoms with Crippen molar-refractivity contribution < 1.29 is 17.9 Å². The van der Waals surface area contributed by atoms with Crippen LogP contribution in [-0.2, 0) is 11.2 Å². The van der Waals surface area contributed by atoms with Gasteiger partial charge in [0.25, 0.3) is 0 Å². The number of hydrogen-bond acceptors (Lipinski definition) is 1. The third-order valence-corrected chi connectivity index (χ3v) is 6.90. The van der Waals surface area contributed by atoms with Gasteiger partial charge in [-0.15, -0.1) is 0 Å². The fraction of sp³-hybridized carbons (Fsp3) is 0.355. The molecule has 0 N–H and O–H groups in total. The SMILES string of the molecule is C/C=C/C1CCC(c2ccc(-c3ccc(-c4ccc(CCCCC)c(F)c4F)cc3)c(F)c2)CO1. The van der Waals surface area contributed by atoms with Crippen molar-refractivity contribution in [3.63, 3.8) is 0 Å². The maximum atomic E-state index is 15.0. The molecule has 0 aromatic heterocycles. The normalized spacial score (nSPS) is 18.3. The highest BCUT2D eigenvalue weighted by molar-refractivity contribution is 5.71. The fourth-order valence-corrected chi connectivity index (χ4v) is 4.82. The van der Waals surface area contributed by atoms with Crippen LogP contribution in [0.25, 0.3) is 22.3 Å². The average Bonchev–Trinajstić information content (AvgIpc) is 2.88. The van der Waals surface area contributed by atoms with Crippen molar-refractivity contribution in [1.29, 1.82) is 0 Å². The smallest absolute Gasteiger partial charge is 0.166 e. The topological polar surface area (TPSA) is 9.23 Å². The highest BCUT2D eigenvalue weighted by Gasteiger charge is 2.22. The summed E-state index contributed by atoms with van der Waals surface area (Å²) in [5.74, 6) is -1.70. The molecule has 35 heavy (non-hydrogen) atoms. The van der Waals surface area contributed by atoms with Gasteiger partial charge < -0.3 is 4.74 Å². The van der Waals surface area contributed by atoms with Crippen molar-refractivity contribution in [3.8, 4) is 22.3 Å². The second-order valence-corrected chi connectivity index (χ2v) is 9.35. The van der Waals surface area contributed by atoms with E-state index in [1.807, 2.05) is 19.1 Å². The highest BCUT2D eigenvalue weighted by atomic mass is 19.2. The van der Waals surface area contributed by atoms with Crippen molar-refractivity contribution in [2.45, 2.75) is 64.4 Å². The Balaban J connectivity index is 1.49. The molecule has 3 aromatic carbocycles. The van der Waals surface area contributed by atoms with Gasteiger partial charge >= 0.3 is 0 Å². The molecule has 0 amide bonds. The lowest BCUT2D eigenvalue weighted by atomic mass is 9.89. The monoisotopic (exact) mass is 478 g/mol. The molecule has 0 aliphatic carbocycles. The number of allylic oxidation sites excluding steroid dienone is 1. The maximum absolute atomic E-state index is 15.0. The van der Waals surface area contributed by atoms with Crippen LogP contribution in [0.15, 0.2) is 66.7 Å². The Morgan fingerprint density at radius 2 is 1.57 bits per heavy atom. The summed E-state index contributed by atoms with van der Waals surface area (Å²) in [6.07, 6.45) is 9.50. The van der Waals surface area contributed by atoms with Gasteiger partial charge in [0.05, 0.1) is 12.7 Å². The molecule has 2 atom stereocenters. The van der Waals surface area contributed by atoms with Crippen LogP contribution in [0.2, 0.25) is 0 Å². The van der Waals surface area contributed by atoms with E-state index >= 15 is 4.39 Å². The first-order valence-corrected chi connectivity index (χ1v) is 12.6. The fourth-order valence-electron chi connectivity index (χ4n) is 4.82. The largest absolute Gasteiger partial charge is 0.374 e. The van der Waals surface area contributed by atoms with Crippen molar-refractivity contribution >= 4 is 0 Å². The lowest BCUT2D eigenvalue weighted by Gasteiger charge is -2.28. The summed E-state index contributed by atoms with van der Waals surface area (Å²) < 4.78 is 50.3. The number of ether oxygens (including phenoxy) is 1. The van der Waals surface area contributed by atoms with Gasteiger partial charge in [-0.1, -0.05) is 80.4 Å². The Bertz CT molecular complexity index is 1160. The van der Waals surface area contributed by atoms with Crippen LogP contribution in [0, 0.1) is 17.5 Å². The van der Waals surface area contributed by atoms with Crippen LogP contribution in [-0.4, -0.2) is 12.7 Å².